The Hall–Kier alpha value is -3.55. The average Bonchev–Trinajstić information content (AvgIpc) is 3.31. The predicted octanol–water partition coefficient (Wildman–Crippen LogP) is 6.75. The van der Waals surface area contributed by atoms with E-state index in [2.05, 4.69) is 0 Å². The number of halogens is 2. The summed E-state index contributed by atoms with van der Waals surface area (Å²) < 4.78 is 21.4. The number of imide groups is 1. The summed E-state index contributed by atoms with van der Waals surface area (Å²) in [6, 6.07) is 20.7. The van der Waals surface area contributed by atoms with Gasteiger partial charge in [0.25, 0.3) is 11.1 Å². The number of fused-ring (bicyclic) bond motifs is 1. The van der Waals surface area contributed by atoms with E-state index < -0.39 is 11.7 Å². The molecule has 4 aromatic rings. The second-order valence-electron chi connectivity index (χ2n) is 7.57. The number of rotatable bonds is 6. The van der Waals surface area contributed by atoms with Gasteiger partial charge in [0.1, 0.15) is 6.61 Å². The fourth-order valence-electron chi connectivity index (χ4n) is 3.84. The SMILES string of the molecule is O=C1S/C(=C\c2cn(CCOc3ccccc3F)c3ccccc23)C(=O)N1c1cccc(Cl)c1. The topological polar surface area (TPSA) is 51.5 Å². The molecule has 1 fully saturated rings. The van der Waals surface area contributed by atoms with Gasteiger partial charge in [-0.2, -0.15) is 0 Å². The van der Waals surface area contributed by atoms with Gasteiger partial charge in [0, 0.05) is 27.7 Å². The van der Waals surface area contributed by atoms with Crippen molar-refractivity contribution in [1.82, 2.24) is 4.57 Å². The number of amides is 2. The normalized spacial score (nSPS) is 15.0. The lowest BCUT2D eigenvalue weighted by Gasteiger charge is -2.12. The van der Waals surface area contributed by atoms with E-state index in [-0.39, 0.29) is 17.6 Å². The lowest BCUT2D eigenvalue weighted by molar-refractivity contribution is -0.113. The van der Waals surface area contributed by atoms with Crippen LogP contribution in [-0.4, -0.2) is 22.3 Å². The first-order valence-corrected chi connectivity index (χ1v) is 11.7. The maximum Gasteiger partial charge on any atom is 0.298 e. The number of hydrogen-bond acceptors (Lipinski definition) is 4. The van der Waals surface area contributed by atoms with E-state index in [1.807, 2.05) is 35.0 Å². The second-order valence-corrected chi connectivity index (χ2v) is 9.00. The van der Waals surface area contributed by atoms with Gasteiger partial charge in [0.2, 0.25) is 0 Å². The van der Waals surface area contributed by atoms with Crippen molar-refractivity contribution in [1.29, 1.82) is 0 Å². The molecule has 0 spiro atoms. The van der Waals surface area contributed by atoms with Crippen molar-refractivity contribution in [2.45, 2.75) is 6.54 Å². The van der Waals surface area contributed by atoms with E-state index in [1.54, 1.807) is 48.5 Å². The van der Waals surface area contributed by atoms with Crippen molar-refractivity contribution < 1.29 is 18.7 Å². The molecule has 0 aliphatic carbocycles. The van der Waals surface area contributed by atoms with Crippen LogP contribution < -0.4 is 9.64 Å². The Kier molecular flexibility index (Phi) is 6.13. The summed E-state index contributed by atoms with van der Waals surface area (Å²) in [6.45, 7) is 0.747. The zero-order valence-electron chi connectivity index (χ0n) is 17.8. The van der Waals surface area contributed by atoms with Gasteiger partial charge in [0.15, 0.2) is 11.6 Å². The summed E-state index contributed by atoms with van der Waals surface area (Å²) in [5.74, 6) is -0.596. The van der Waals surface area contributed by atoms with E-state index in [9.17, 15) is 14.0 Å². The first-order chi connectivity index (χ1) is 16.5. The Balaban J connectivity index is 1.41. The van der Waals surface area contributed by atoms with E-state index >= 15 is 0 Å². The number of carbonyl (C=O) groups excluding carboxylic acids is 2. The summed E-state index contributed by atoms with van der Waals surface area (Å²) in [5.41, 5.74) is 2.18. The first kappa shape index (κ1) is 22.3. The Morgan fingerprint density at radius 3 is 2.62 bits per heavy atom. The van der Waals surface area contributed by atoms with Crippen LogP contribution in [0.4, 0.5) is 14.9 Å². The fourth-order valence-corrected chi connectivity index (χ4v) is 4.85. The van der Waals surface area contributed by atoms with Gasteiger partial charge in [0.05, 0.1) is 17.1 Å². The van der Waals surface area contributed by atoms with E-state index in [0.717, 1.165) is 33.1 Å². The molecule has 1 aliphatic rings. The molecule has 1 aromatic heterocycles. The Labute approximate surface area is 204 Å². The largest absolute Gasteiger partial charge is 0.489 e. The van der Waals surface area contributed by atoms with E-state index in [4.69, 9.17) is 16.3 Å². The number of hydrogen-bond donors (Lipinski definition) is 0. The molecule has 3 aromatic carbocycles. The molecular weight excluding hydrogens is 475 g/mol. The van der Waals surface area contributed by atoms with Crippen LogP contribution >= 0.6 is 23.4 Å². The van der Waals surface area contributed by atoms with Crippen LogP contribution in [0.25, 0.3) is 17.0 Å². The summed E-state index contributed by atoms with van der Waals surface area (Å²) in [5, 5.41) is 1.00. The molecule has 1 aliphatic heterocycles. The molecule has 34 heavy (non-hydrogen) atoms. The van der Waals surface area contributed by atoms with Gasteiger partial charge in [-0.1, -0.05) is 48.0 Å². The van der Waals surface area contributed by atoms with Crippen molar-refractivity contribution in [3.8, 4) is 5.75 Å². The van der Waals surface area contributed by atoms with Crippen molar-refractivity contribution in [2.24, 2.45) is 0 Å². The van der Waals surface area contributed by atoms with Crippen molar-refractivity contribution in [2.75, 3.05) is 11.5 Å². The molecule has 0 radical (unpaired) electrons. The zero-order chi connectivity index (χ0) is 23.7. The number of benzene rings is 3. The maximum absolute atomic E-state index is 13.8. The van der Waals surface area contributed by atoms with Crippen LogP contribution in [0.2, 0.25) is 5.02 Å². The maximum atomic E-state index is 13.8. The molecule has 5 rings (SSSR count). The minimum atomic E-state index is -0.406. The smallest absolute Gasteiger partial charge is 0.298 e. The third-order valence-corrected chi connectivity index (χ3v) is 6.50. The quantitative estimate of drug-likeness (QED) is 0.279. The molecule has 1 saturated heterocycles. The molecule has 0 saturated carbocycles. The van der Waals surface area contributed by atoms with Gasteiger partial charge in [-0.25, -0.2) is 9.29 Å². The highest BCUT2D eigenvalue weighted by molar-refractivity contribution is 8.19. The van der Waals surface area contributed by atoms with Gasteiger partial charge in [-0.3, -0.25) is 9.59 Å². The van der Waals surface area contributed by atoms with Crippen LogP contribution in [0.3, 0.4) is 0 Å². The number of aromatic nitrogens is 1. The number of anilines is 1. The predicted molar refractivity (Wildman–Crippen MR) is 134 cm³/mol. The molecule has 2 amide bonds. The number of nitrogens with zero attached hydrogens (tertiary/aromatic N) is 2. The third-order valence-electron chi connectivity index (χ3n) is 5.39. The molecule has 2 heterocycles. The lowest BCUT2D eigenvalue weighted by Crippen LogP contribution is -2.27. The minimum Gasteiger partial charge on any atom is -0.489 e. The summed E-state index contributed by atoms with van der Waals surface area (Å²) >= 11 is 6.93. The number of ether oxygens (including phenoxy) is 1. The van der Waals surface area contributed by atoms with Gasteiger partial charge in [-0.15, -0.1) is 0 Å². The molecule has 0 atom stereocenters. The molecular formula is C26H18ClFN2O3S. The Bertz CT molecular complexity index is 1450. The highest BCUT2D eigenvalue weighted by Crippen LogP contribution is 2.37. The van der Waals surface area contributed by atoms with Gasteiger partial charge >= 0.3 is 0 Å². The van der Waals surface area contributed by atoms with Crippen LogP contribution in [-0.2, 0) is 11.3 Å². The van der Waals surface area contributed by atoms with Crippen molar-refractivity contribution in [3.63, 3.8) is 0 Å². The molecule has 170 valence electrons. The molecule has 0 bridgehead atoms. The monoisotopic (exact) mass is 492 g/mol. The second kappa shape index (κ2) is 9.37. The fraction of sp³-hybridized carbons (Fsp3) is 0.0769. The zero-order valence-corrected chi connectivity index (χ0v) is 19.4. The first-order valence-electron chi connectivity index (χ1n) is 10.5. The number of thioether (sulfide) groups is 1. The summed E-state index contributed by atoms with van der Waals surface area (Å²) in [6.07, 6.45) is 3.63. The average molecular weight is 493 g/mol. The standard InChI is InChI=1S/C26H18ClFN2O3S/c27-18-6-5-7-19(15-18)30-25(31)24(34-26(30)32)14-17-16-29(22-10-3-1-8-20(17)22)12-13-33-23-11-4-2-9-21(23)28/h1-11,14-16H,12-13H2/b24-14-. The molecule has 5 nitrogen and oxygen atoms in total. The summed E-state index contributed by atoms with van der Waals surface area (Å²) in [7, 11) is 0. The van der Waals surface area contributed by atoms with Crippen molar-refractivity contribution in [3.05, 3.63) is 100 Å². The van der Waals surface area contributed by atoms with E-state index in [0.29, 0.717) is 22.2 Å². The highest BCUT2D eigenvalue weighted by Gasteiger charge is 2.36. The minimum absolute atomic E-state index is 0.203. The van der Waals surface area contributed by atoms with Crippen LogP contribution in [0.5, 0.6) is 5.75 Å². The summed E-state index contributed by atoms with van der Waals surface area (Å²) in [4.78, 5) is 27.1. The molecule has 0 N–H and O–H groups in total. The van der Waals surface area contributed by atoms with Crippen LogP contribution in [0.1, 0.15) is 5.56 Å². The van der Waals surface area contributed by atoms with Gasteiger partial charge < -0.3 is 9.30 Å². The molecule has 8 heteroatoms. The Morgan fingerprint density at radius 1 is 1.00 bits per heavy atom. The third kappa shape index (κ3) is 4.32. The lowest BCUT2D eigenvalue weighted by atomic mass is 10.1. The number of carbonyl (C=O) groups is 2. The van der Waals surface area contributed by atoms with Gasteiger partial charge in [-0.05, 0) is 54.2 Å². The van der Waals surface area contributed by atoms with Crippen LogP contribution in [0.15, 0.2) is 83.9 Å². The molecule has 0 unspecified atom stereocenters. The van der Waals surface area contributed by atoms with E-state index in [1.165, 1.54) is 6.07 Å². The number of para-hydroxylation sites is 2. The van der Waals surface area contributed by atoms with Crippen molar-refractivity contribution >= 4 is 57.2 Å². The highest BCUT2D eigenvalue weighted by atomic mass is 35.5. The van der Waals surface area contributed by atoms with Crippen LogP contribution in [0, 0.1) is 5.82 Å². The Morgan fingerprint density at radius 2 is 1.79 bits per heavy atom.